The van der Waals surface area contributed by atoms with Crippen molar-refractivity contribution in [3.05, 3.63) is 23.3 Å². The number of hydrogen-bond acceptors (Lipinski definition) is 22. The van der Waals surface area contributed by atoms with E-state index in [1.165, 1.54) is 25.2 Å². The summed E-state index contributed by atoms with van der Waals surface area (Å²) in [5.41, 5.74) is -0.930. The number of hydrogen-bond donors (Lipinski definition) is 10. The first-order valence-electron chi connectivity index (χ1n) is 27.3. The van der Waals surface area contributed by atoms with E-state index in [4.69, 9.17) is 47.4 Å². The number of rotatable bonds is 15. The lowest BCUT2D eigenvalue weighted by atomic mass is 9.40. The largest absolute Gasteiger partial charge is 0.461 e. The van der Waals surface area contributed by atoms with Crippen molar-refractivity contribution in [3.8, 4) is 0 Å². The Morgan fingerprint density at radius 3 is 2.12 bits per heavy atom. The van der Waals surface area contributed by atoms with E-state index in [0.717, 1.165) is 6.42 Å². The summed E-state index contributed by atoms with van der Waals surface area (Å²) in [7, 11) is -3.74. The molecule has 5 heterocycles. The molecule has 3 saturated carbocycles. The van der Waals surface area contributed by atoms with Gasteiger partial charge in [0.05, 0.1) is 43.0 Å². The average Bonchev–Trinajstić information content (AvgIpc) is 4.06. The fraction of sp³-hybridized carbons (Fsp3) is 0.906. The third kappa shape index (κ3) is 10.0. The Morgan fingerprint density at radius 1 is 0.805 bits per heavy atom. The number of fused-ring (bicyclic) bond motifs is 5. The number of ether oxygens (including phenoxy) is 10. The number of esters is 1. The van der Waals surface area contributed by atoms with E-state index in [0.29, 0.717) is 44.9 Å². The lowest BCUT2D eigenvalue weighted by molar-refractivity contribution is -0.379. The van der Waals surface area contributed by atoms with Crippen molar-refractivity contribution in [2.24, 2.45) is 39.4 Å². The van der Waals surface area contributed by atoms with Gasteiger partial charge >= 0.3 is 5.97 Å². The molecule has 9 rings (SSSR count). The Hall–Kier alpha value is -1.86. The minimum atomic E-state index is -4.95. The predicted molar refractivity (Wildman–Crippen MR) is 265 cm³/mol. The summed E-state index contributed by atoms with van der Waals surface area (Å²) < 4.78 is 94.5. The summed E-state index contributed by atoms with van der Waals surface area (Å²) in [4.78, 5) is 14.2. The summed E-state index contributed by atoms with van der Waals surface area (Å²) in [6.07, 6.45) is -18.8. The van der Waals surface area contributed by atoms with E-state index in [-0.39, 0.29) is 29.1 Å². The van der Waals surface area contributed by atoms with Crippen LogP contribution in [0.25, 0.3) is 0 Å². The van der Waals surface area contributed by atoms with Crippen LogP contribution in [0.3, 0.4) is 0 Å². The van der Waals surface area contributed by atoms with E-state index in [1.807, 2.05) is 20.8 Å². The van der Waals surface area contributed by atoms with Gasteiger partial charge in [-0.3, -0.25) is 9.35 Å². The summed E-state index contributed by atoms with van der Waals surface area (Å²) >= 11 is 0. The molecule has 2 bridgehead atoms. The Kier molecular flexibility index (Phi) is 16.9. The Balaban J connectivity index is 0.889. The van der Waals surface area contributed by atoms with E-state index in [1.54, 1.807) is 0 Å². The molecule has 23 nitrogen and oxygen atoms in total. The Morgan fingerprint density at radius 2 is 1.45 bits per heavy atom. The second-order valence-corrected chi connectivity index (χ2v) is 26.7. The monoisotopic (exact) mass is 1120 g/mol. The van der Waals surface area contributed by atoms with Crippen LogP contribution in [0.1, 0.15) is 107 Å². The van der Waals surface area contributed by atoms with Crippen LogP contribution in [-0.4, -0.2) is 219 Å². The topological polar surface area (TPSA) is 346 Å². The van der Waals surface area contributed by atoms with E-state index < -0.39 is 174 Å². The standard InChI is InChI=1S/C53H84O23S/c1-23(2)11-10-16-52(8,63)43-28-19-51(7)26-12-13-31-49(4,5)32(15-17-50(31,6)25(26)14-18-53(43,51)48(62)72-28)73-47-42(34(57)30(22-69-47)77(64,65)66)76-45-36(59)35(58)39(24(3)70-45)74-44-37(60)40(27(55)21-68-44)75-46-38(61)41(67-9)33(56)29(20-54)71-46/h11-12,24-25,27-47,54-61,63H,10,13-22H2,1-9H3,(H,64,65,66)/t24-,25-,27-,28+,29-,30-,31?,32?,33-,34+,35-,36-,37-,38-,39-,40+,41+,42-,43-,44+,45+,46+,47+,50-,51+,52+,53?/m1/s1. The highest BCUT2D eigenvalue weighted by atomic mass is 32.2. The van der Waals surface area contributed by atoms with Crippen LogP contribution in [0.4, 0.5) is 0 Å². The molecule has 0 aromatic rings. The number of methoxy groups -OCH3 is 1. The van der Waals surface area contributed by atoms with Gasteiger partial charge in [-0.05, 0) is 102 Å². The number of aliphatic hydroxyl groups excluding tert-OH is 8. The molecule has 0 aromatic heterocycles. The van der Waals surface area contributed by atoms with Gasteiger partial charge in [0.25, 0.3) is 10.1 Å². The van der Waals surface area contributed by atoms with Crippen molar-refractivity contribution >= 4 is 16.1 Å². The highest BCUT2D eigenvalue weighted by Gasteiger charge is 2.79. The SMILES string of the molecule is CO[C@@H]1[C@@H](O)[C@H](O[C@@H]2[C@@H](O)[C@H](O[C@H]3[C@H](O)[C@@H](O)[C@H](O[C@H]4[C@H](OC5CC[C@@]6(C)C(CC=C7[C@H]6CCC68C(=O)O[C@@H](C[C@@]76C)[C@@H]8[C@@](C)(O)CCC=C(C)C)C5(C)C)OC[C@@H](S(=O)(=O)O)[C@@H]4O)O[C@@H]3C)OC[C@H]2O)O[C@H](CO)[C@H]1O. The van der Waals surface area contributed by atoms with Gasteiger partial charge in [-0.15, -0.1) is 0 Å². The summed E-state index contributed by atoms with van der Waals surface area (Å²) in [5.74, 6) is -0.421. The molecule has 0 radical (unpaired) electrons. The van der Waals surface area contributed by atoms with Crippen LogP contribution in [-0.2, 0) is 62.3 Å². The zero-order valence-electron chi connectivity index (χ0n) is 45.4. The average molecular weight is 1120 g/mol. The summed E-state index contributed by atoms with van der Waals surface area (Å²) in [6.45, 7) is 14.2. The Bertz CT molecular complexity index is 2310. The molecule has 77 heavy (non-hydrogen) atoms. The van der Waals surface area contributed by atoms with Gasteiger partial charge in [0.2, 0.25) is 0 Å². The number of allylic oxidation sites excluding steroid dienone is 4. The van der Waals surface area contributed by atoms with Crippen LogP contribution in [0.5, 0.6) is 0 Å². The molecule has 5 aliphatic heterocycles. The molecule has 0 aromatic carbocycles. The molecular weight excluding hydrogens is 1040 g/mol. The fourth-order valence-electron chi connectivity index (χ4n) is 15.9. The molecule has 10 N–H and O–H groups in total. The maximum absolute atomic E-state index is 14.2. The Labute approximate surface area is 449 Å². The minimum absolute atomic E-state index is 0.0307. The van der Waals surface area contributed by atoms with Crippen molar-refractivity contribution < 1.29 is 111 Å². The van der Waals surface area contributed by atoms with Gasteiger partial charge in [0.1, 0.15) is 84.6 Å². The maximum atomic E-state index is 14.2. The maximum Gasteiger partial charge on any atom is 0.313 e. The van der Waals surface area contributed by atoms with Crippen LogP contribution in [0.15, 0.2) is 23.3 Å². The highest BCUT2D eigenvalue weighted by molar-refractivity contribution is 7.86. The molecule has 9 aliphatic rings. The predicted octanol–water partition coefficient (Wildman–Crippen LogP) is 0.118. The van der Waals surface area contributed by atoms with Crippen molar-refractivity contribution in [2.75, 3.05) is 26.9 Å². The van der Waals surface area contributed by atoms with E-state index in [2.05, 4.69) is 39.8 Å². The van der Waals surface area contributed by atoms with Gasteiger partial charge in [-0.2, -0.15) is 8.42 Å². The van der Waals surface area contributed by atoms with Crippen LogP contribution in [0.2, 0.25) is 0 Å². The normalized spacial score (nSPS) is 50.4. The molecule has 1 spiro atoms. The van der Waals surface area contributed by atoms with Crippen molar-refractivity contribution in [1.29, 1.82) is 0 Å². The molecule has 24 heteroatoms. The zero-order valence-corrected chi connectivity index (χ0v) is 46.2. The first-order valence-corrected chi connectivity index (χ1v) is 28.8. The molecule has 440 valence electrons. The lowest BCUT2D eigenvalue weighted by Gasteiger charge is -2.64. The van der Waals surface area contributed by atoms with Crippen molar-refractivity contribution in [3.63, 3.8) is 0 Å². The zero-order chi connectivity index (χ0) is 56.3. The van der Waals surface area contributed by atoms with Gasteiger partial charge in [-0.1, -0.05) is 51.0 Å². The summed E-state index contributed by atoms with van der Waals surface area (Å²) in [5, 5.41) is 98.3. The van der Waals surface area contributed by atoms with Crippen molar-refractivity contribution in [2.45, 2.75) is 234 Å². The van der Waals surface area contributed by atoms with Gasteiger partial charge in [0, 0.05) is 18.4 Å². The van der Waals surface area contributed by atoms with Crippen LogP contribution in [0, 0.1) is 39.4 Å². The summed E-state index contributed by atoms with van der Waals surface area (Å²) in [6, 6.07) is 0. The number of carbonyl (C=O) groups is 1. The first kappa shape index (κ1) is 59.8. The molecule has 0 amide bonds. The lowest BCUT2D eigenvalue weighted by Crippen LogP contribution is -2.66. The molecule has 3 unspecified atom stereocenters. The highest BCUT2D eigenvalue weighted by Crippen LogP contribution is 2.76. The van der Waals surface area contributed by atoms with Gasteiger partial charge < -0.3 is 93.3 Å². The third-order valence-electron chi connectivity index (χ3n) is 19.9. The molecule has 4 aliphatic carbocycles. The molecule has 5 saturated heterocycles. The van der Waals surface area contributed by atoms with Crippen LogP contribution >= 0.6 is 0 Å². The minimum Gasteiger partial charge on any atom is -0.461 e. The molecular formula is C53H84O23S. The fourth-order valence-corrected chi connectivity index (χ4v) is 16.7. The molecule has 8 fully saturated rings. The van der Waals surface area contributed by atoms with E-state index >= 15 is 0 Å². The second-order valence-electron chi connectivity index (χ2n) is 25.0. The second kappa shape index (κ2) is 21.7. The third-order valence-corrected chi connectivity index (χ3v) is 21.1. The smallest absolute Gasteiger partial charge is 0.313 e. The quantitative estimate of drug-likeness (QED) is 0.0591. The van der Waals surface area contributed by atoms with Gasteiger partial charge in [0.15, 0.2) is 25.2 Å². The first-order chi connectivity index (χ1) is 36.0. The van der Waals surface area contributed by atoms with Crippen LogP contribution < -0.4 is 0 Å². The van der Waals surface area contributed by atoms with Crippen molar-refractivity contribution in [1.82, 2.24) is 0 Å². The van der Waals surface area contributed by atoms with Gasteiger partial charge in [-0.25, -0.2) is 0 Å². The number of carbonyl (C=O) groups excluding carboxylic acids is 1. The molecule has 27 atom stereocenters. The number of aliphatic hydroxyl groups is 9. The van der Waals surface area contributed by atoms with E-state index in [9.17, 15) is 63.7 Å².